The number of benzene rings is 2. The number of halogens is 2. The van der Waals surface area contributed by atoms with E-state index in [2.05, 4.69) is 10.2 Å². The van der Waals surface area contributed by atoms with Crippen LogP contribution in [0.25, 0.3) is 0 Å². The van der Waals surface area contributed by atoms with Crippen molar-refractivity contribution in [3.63, 3.8) is 0 Å². The van der Waals surface area contributed by atoms with Gasteiger partial charge in [0.25, 0.3) is 5.91 Å². The summed E-state index contributed by atoms with van der Waals surface area (Å²) >= 11 is 6.31. The predicted octanol–water partition coefficient (Wildman–Crippen LogP) is 3.36. The number of hydrogen-bond acceptors (Lipinski definition) is 3. The van der Waals surface area contributed by atoms with E-state index in [1.807, 2.05) is 24.3 Å². The zero-order valence-electron chi connectivity index (χ0n) is 15.9. The van der Waals surface area contributed by atoms with E-state index in [-0.39, 0.29) is 17.5 Å². The topological polar surface area (TPSA) is 55.9 Å². The zero-order valence-corrected chi connectivity index (χ0v) is 16.7. The quantitative estimate of drug-likeness (QED) is 0.834. The standard InChI is InChI=1S/C21H22ClFN4O2/c22-17-4-1-2-5-19(17)25-9-3-10-26(13-12-25)20(28)16-14-15(6-7-18(16)23)27-11-8-24-21(27)29/h1-2,4-7,14H,3,8-13H2,(H,24,29). The lowest BCUT2D eigenvalue weighted by Gasteiger charge is -2.25. The third kappa shape index (κ3) is 4.00. The van der Waals surface area contributed by atoms with Crippen LogP contribution in [0.4, 0.5) is 20.6 Å². The summed E-state index contributed by atoms with van der Waals surface area (Å²) in [4.78, 5) is 30.3. The minimum Gasteiger partial charge on any atom is -0.368 e. The van der Waals surface area contributed by atoms with E-state index >= 15 is 0 Å². The van der Waals surface area contributed by atoms with Crippen molar-refractivity contribution >= 4 is 34.9 Å². The largest absolute Gasteiger partial charge is 0.368 e. The first-order valence-electron chi connectivity index (χ1n) is 9.68. The highest BCUT2D eigenvalue weighted by Gasteiger charge is 2.26. The van der Waals surface area contributed by atoms with Gasteiger partial charge in [-0.2, -0.15) is 0 Å². The molecular weight excluding hydrogens is 395 g/mol. The summed E-state index contributed by atoms with van der Waals surface area (Å²) in [5, 5.41) is 3.39. The van der Waals surface area contributed by atoms with Gasteiger partial charge in [0.05, 0.1) is 16.3 Å². The first-order chi connectivity index (χ1) is 14.0. The molecule has 6 nitrogen and oxygen atoms in total. The summed E-state index contributed by atoms with van der Waals surface area (Å²) < 4.78 is 14.5. The molecule has 2 saturated heterocycles. The maximum atomic E-state index is 14.5. The van der Waals surface area contributed by atoms with Gasteiger partial charge in [-0.1, -0.05) is 23.7 Å². The van der Waals surface area contributed by atoms with Gasteiger partial charge in [-0.05, 0) is 36.8 Å². The van der Waals surface area contributed by atoms with Gasteiger partial charge < -0.3 is 15.1 Å². The van der Waals surface area contributed by atoms with Crippen molar-refractivity contribution in [1.29, 1.82) is 0 Å². The molecule has 2 heterocycles. The third-order valence-electron chi connectivity index (χ3n) is 5.33. The van der Waals surface area contributed by atoms with Crippen molar-refractivity contribution in [1.82, 2.24) is 10.2 Å². The van der Waals surface area contributed by atoms with E-state index in [1.54, 1.807) is 4.90 Å². The molecule has 8 heteroatoms. The Balaban J connectivity index is 1.51. The van der Waals surface area contributed by atoms with E-state index in [0.717, 1.165) is 18.7 Å². The fourth-order valence-electron chi connectivity index (χ4n) is 3.80. The molecule has 0 aliphatic carbocycles. The lowest BCUT2D eigenvalue weighted by atomic mass is 10.1. The molecule has 1 N–H and O–H groups in total. The van der Waals surface area contributed by atoms with Gasteiger partial charge in [-0.15, -0.1) is 0 Å². The first-order valence-corrected chi connectivity index (χ1v) is 10.1. The number of amides is 3. The van der Waals surface area contributed by atoms with E-state index in [1.165, 1.54) is 23.1 Å². The molecule has 0 aromatic heterocycles. The maximum absolute atomic E-state index is 14.5. The van der Waals surface area contributed by atoms with E-state index in [4.69, 9.17) is 11.6 Å². The normalized spacial score (nSPS) is 17.3. The SMILES string of the molecule is O=C(c1cc(N2CCNC2=O)ccc1F)N1CCCN(c2ccccc2Cl)CC1. The number of rotatable bonds is 3. The lowest BCUT2D eigenvalue weighted by Crippen LogP contribution is -2.36. The highest BCUT2D eigenvalue weighted by Crippen LogP contribution is 2.27. The number of carbonyl (C=O) groups is 2. The van der Waals surface area contributed by atoms with Gasteiger partial charge in [0, 0.05) is 45.0 Å². The smallest absolute Gasteiger partial charge is 0.321 e. The van der Waals surface area contributed by atoms with Crippen LogP contribution in [0.3, 0.4) is 0 Å². The number of nitrogens with zero attached hydrogens (tertiary/aromatic N) is 3. The van der Waals surface area contributed by atoms with Crippen molar-refractivity contribution < 1.29 is 14.0 Å². The summed E-state index contributed by atoms with van der Waals surface area (Å²) in [5.74, 6) is -0.935. The van der Waals surface area contributed by atoms with E-state index in [9.17, 15) is 14.0 Å². The molecule has 2 aromatic rings. The first kappa shape index (κ1) is 19.5. The average molecular weight is 417 g/mol. The van der Waals surface area contributed by atoms with Gasteiger partial charge >= 0.3 is 6.03 Å². The molecule has 2 aliphatic rings. The van der Waals surface area contributed by atoms with Crippen LogP contribution in [0.15, 0.2) is 42.5 Å². The molecule has 4 rings (SSSR count). The van der Waals surface area contributed by atoms with E-state index in [0.29, 0.717) is 43.4 Å². The van der Waals surface area contributed by atoms with Crippen LogP contribution >= 0.6 is 11.6 Å². The number of anilines is 2. The van der Waals surface area contributed by atoms with Crippen LogP contribution in [0.1, 0.15) is 16.8 Å². The highest BCUT2D eigenvalue weighted by atomic mass is 35.5. The Morgan fingerprint density at radius 3 is 2.62 bits per heavy atom. The molecule has 0 unspecified atom stereocenters. The number of nitrogens with one attached hydrogen (secondary N) is 1. The second kappa shape index (κ2) is 8.29. The minimum absolute atomic E-state index is 0.00612. The molecule has 2 aromatic carbocycles. The van der Waals surface area contributed by atoms with Crippen LogP contribution in [-0.4, -0.2) is 56.1 Å². The Kier molecular flexibility index (Phi) is 5.58. The molecule has 2 fully saturated rings. The van der Waals surface area contributed by atoms with Crippen molar-refractivity contribution in [2.24, 2.45) is 0 Å². The van der Waals surface area contributed by atoms with Crippen LogP contribution in [0.2, 0.25) is 5.02 Å². The van der Waals surface area contributed by atoms with Gasteiger partial charge in [0.1, 0.15) is 5.82 Å². The van der Waals surface area contributed by atoms with Crippen LogP contribution < -0.4 is 15.1 Å². The Bertz CT molecular complexity index is 939. The van der Waals surface area contributed by atoms with Gasteiger partial charge in [0.2, 0.25) is 0 Å². The van der Waals surface area contributed by atoms with Crippen molar-refractivity contribution in [2.75, 3.05) is 49.1 Å². The number of urea groups is 1. The predicted molar refractivity (Wildman–Crippen MR) is 111 cm³/mol. The molecule has 29 heavy (non-hydrogen) atoms. The molecule has 2 aliphatic heterocycles. The second-order valence-corrected chi connectivity index (χ2v) is 7.54. The Morgan fingerprint density at radius 1 is 1.03 bits per heavy atom. The van der Waals surface area contributed by atoms with Crippen LogP contribution in [-0.2, 0) is 0 Å². The van der Waals surface area contributed by atoms with Crippen molar-refractivity contribution in [3.8, 4) is 0 Å². The fraction of sp³-hybridized carbons (Fsp3) is 0.333. The zero-order chi connectivity index (χ0) is 20.4. The molecule has 3 amide bonds. The summed E-state index contributed by atoms with van der Waals surface area (Å²) in [6, 6.07) is 11.6. The van der Waals surface area contributed by atoms with Crippen molar-refractivity contribution in [3.05, 3.63) is 58.9 Å². The summed E-state index contributed by atoms with van der Waals surface area (Å²) in [5.41, 5.74) is 1.46. The van der Waals surface area contributed by atoms with Gasteiger partial charge in [-0.3, -0.25) is 9.69 Å². The number of carbonyl (C=O) groups excluding carboxylic acids is 2. The summed E-state index contributed by atoms with van der Waals surface area (Å²) in [7, 11) is 0. The van der Waals surface area contributed by atoms with Gasteiger partial charge in [-0.25, -0.2) is 9.18 Å². The molecule has 0 bridgehead atoms. The lowest BCUT2D eigenvalue weighted by molar-refractivity contribution is 0.0762. The monoisotopic (exact) mass is 416 g/mol. The minimum atomic E-state index is -0.578. The average Bonchev–Trinajstić information content (AvgIpc) is 3.00. The molecule has 152 valence electrons. The third-order valence-corrected chi connectivity index (χ3v) is 5.64. The molecule has 0 spiro atoms. The summed E-state index contributed by atoms with van der Waals surface area (Å²) in [6.45, 7) is 3.42. The Morgan fingerprint density at radius 2 is 1.86 bits per heavy atom. The van der Waals surface area contributed by atoms with Crippen LogP contribution in [0.5, 0.6) is 0 Å². The maximum Gasteiger partial charge on any atom is 0.321 e. The van der Waals surface area contributed by atoms with Gasteiger partial charge in [0.15, 0.2) is 0 Å². The highest BCUT2D eigenvalue weighted by molar-refractivity contribution is 6.33. The van der Waals surface area contributed by atoms with Crippen LogP contribution in [0, 0.1) is 5.82 Å². The fourth-order valence-corrected chi connectivity index (χ4v) is 4.06. The Labute approximate surface area is 173 Å². The summed E-state index contributed by atoms with van der Waals surface area (Å²) in [6.07, 6.45) is 0.757. The molecule has 0 radical (unpaired) electrons. The van der Waals surface area contributed by atoms with E-state index < -0.39 is 5.82 Å². The Hall–Kier alpha value is -2.80. The molecular formula is C21H22ClFN4O2. The second-order valence-electron chi connectivity index (χ2n) is 7.13. The molecule has 0 atom stereocenters. The number of para-hydroxylation sites is 1. The molecule has 0 saturated carbocycles. The number of hydrogen-bond donors (Lipinski definition) is 1. The van der Waals surface area contributed by atoms with Crippen molar-refractivity contribution in [2.45, 2.75) is 6.42 Å².